The Kier molecular flexibility index (Phi) is 40.1. The number of aliphatic hydroxyl groups excluding tert-OH is 1. The molecule has 11 heteroatoms. The molecule has 3 atom stereocenters. The molecule has 0 aliphatic heterocycles. The summed E-state index contributed by atoms with van der Waals surface area (Å²) in [6.45, 7) is 3.99. The van der Waals surface area contributed by atoms with Crippen molar-refractivity contribution in [3.8, 4) is 0 Å². The van der Waals surface area contributed by atoms with Gasteiger partial charge in [0.2, 0.25) is 0 Å². The molecule has 0 aromatic heterocycles. The molecule has 0 aromatic rings. The average molecular weight is 880 g/mol. The lowest BCUT2D eigenvalue weighted by Crippen LogP contribution is -2.37. The number of ether oxygens (including phenoxy) is 2. The van der Waals surface area contributed by atoms with Crippen molar-refractivity contribution in [2.45, 2.75) is 199 Å². The van der Waals surface area contributed by atoms with Crippen LogP contribution in [0.15, 0.2) is 60.8 Å². The van der Waals surface area contributed by atoms with Crippen LogP contribution in [-0.4, -0.2) is 81.2 Å². The molecule has 0 rings (SSSR count). The number of carbonyl (C=O) groups excluding carboxylic acids is 2. The van der Waals surface area contributed by atoms with Crippen LogP contribution in [0.3, 0.4) is 0 Å². The largest absolute Gasteiger partial charge is 0.756 e. The molecular formula is C50H90NO9P. The topological polar surface area (TPSA) is 131 Å². The van der Waals surface area contributed by atoms with Gasteiger partial charge in [0.05, 0.1) is 33.9 Å². The van der Waals surface area contributed by atoms with E-state index in [0.717, 1.165) is 57.8 Å². The molecule has 0 aromatic carbocycles. The van der Waals surface area contributed by atoms with Crippen LogP contribution in [0.2, 0.25) is 0 Å². The number of esters is 2. The van der Waals surface area contributed by atoms with Crippen molar-refractivity contribution < 1.29 is 47.2 Å². The van der Waals surface area contributed by atoms with Crippen molar-refractivity contribution in [1.82, 2.24) is 0 Å². The molecule has 10 nitrogen and oxygen atoms in total. The predicted octanol–water partition coefficient (Wildman–Crippen LogP) is 12.4. The smallest absolute Gasteiger partial charge is 0.306 e. The van der Waals surface area contributed by atoms with Crippen molar-refractivity contribution in [3.63, 3.8) is 0 Å². The van der Waals surface area contributed by atoms with E-state index in [0.29, 0.717) is 30.3 Å². The van der Waals surface area contributed by atoms with Gasteiger partial charge in [0.1, 0.15) is 19.8 Å². The molecular weight excluding hydrogens is 790 g/mol. The standard InChI is InChI=1S/C50H90NO9P/c1-6-8-10-11-12-13-14-15-16-17-18-19-20-21-26-29-32-35-38-42-50(54)60-48(46-59-61(55,56)58-44-43-51(3,4)5)45-57-49(53)41-37-34-31-28-25-23-22-24-27-30-33-36-40-47(52)39-9-7-2/h15-16,22-23,27-28,30-31,36,40,47-48,52H,6-14,17-21,24-26,29,32-35,37-39,41-46H2,1-5H3/b16-15-,23-22-,30-27-,31-28-,40-36-/t47-,48+/m0/s1. The third-order valence-electron chi connectivity index (χ3n) is 10.1. The van der Waals surface area contributed by atoms with Gasteiger partial charge in [-0.2, -0.15) is 0 Å². The van der Waals surface area contributed by atoms with Crippen LogP contribution in [0, 0.1) is 0 Å². The monoisotopic (exact) mass is 880 g/mol. The van der Waals surface area contributed by atoms with Gasteiger partial charge < -0.3 is 33.0 Å². The summed E-state index contributed by atoms with van der Waals surface area (Å²) in [7, 11) is 1.11. The van der Waals surface area contributed by atoms with Crippen LogP contribution in [0.1, 0.15) is 187 Å². The van der Waals surface area contributed by atoms with E-state index in [1.54, 1.807) is 0 Å². The molecule has 0 radical (unpaired) electrons. The molecule has 0 amide bonds. The fourth-order valence-corrected chi connectivity index (χ4v) is 6.98. The summed E-state index contributed by atoms with van der Waals surface area (Å²) in [5.74, 6) is -0.926. The van der Waals surface area contributed by atoms with Crippen LogP contribution in [0.4, 0.5) is 0 Å². The van der Waals surface area contributed by atoms with Gasteiger partial charge in [0, 0.05) is 12.8 Å². The van der Waals surface area contributed by atoms with Crippen LogP contribution in [0.25, 0.3) is 0 Å². The Morgan fingerprint density at radius 1 is 0.590 bits per heavy atom. The number of phosphoric ester groups is 1. The second-order valence-corrected chi connectivity index (χ2v) is 18.7. The fraction of sp³-hybridized carbons (Fsp3) is 0.760. The number of hydrogen-bond acceptors (Lipinski definition) is 9. The van der Waals surface area contributed by atoms with Gasteiger partial charge in [-0.25, -0.2) is 0 Å². The minimum atomic E-state index is -4.65. The number of hydrogen-bond donors (Lipinski definition) is 1. The first kappa shape index (κ1) is 58.7. The number of phosphoric acid groups is 1. The van der Waals surface area contributed by atoms with Gasteiger partial charge in [-0.3, -0.25) is 14.2 Å². The fourth-order valence-electron chi connectivity index (χ4n) is 6.25. The van der Waals surface area contributed by atoms with Gasteiger partial charge in [0.15, 0.2) is 6.10 Å². The van der Waals surface area contributed by atoms with Crippen molar-refractivity contribution in [2.75, 3.05) is 47.5 Å². The van der Waals surface area contributed by atoms with Crippen molar-refractivity contribution in [3.05, 3.63) is 60.8 Å². The van der Waals surface area contributed by atoms with Crippen LogP contribution >= 0.6 is 7.82 Å². The summed E-state index contributed by atoms with van der Waals surface area (Å²) in [4.78, 5) is 37.6. The number of aliphatic hydroxyl groups is 1. The summed E-state index contributed by atoms with van der Waals surface area (Å²) in [5, 5.41) is 9.83. The van der Waals surface area contributed by atoms with Crippen LogP contribution in [-0.2, 0) is 32.7 Å². The lowest BCUT2D eigenvalue weighted by molar-refractivity contribution is -0.870. The molecule has 1 unspecified atom stereocenters. The van der Waals surface area contributed by atoms with Gasteiger partial charge >= 0.3 is 11.9 Å². The minimum Gasteiger partial charge on any atom is -0.756 e. The maximum Gasteiger partial charge on any atom is 0.306 e. The van der Waals surface area contributed by atoms with Gasteiger partial charge in [-0.05, 0) is 70.6 Å². The van der Waals surface area contributed by atoms with E-state index in [2.05, 4.69) is 56.4 Å². The summed E-state index contributed by atoms with van der Waals surface area (Å²) in [6, 6.07) is 0. The van der Waals surface area contributed by atoms with Crippen molar-refractivity contribution in [2.24, 2.45) is 0 Å². The molecule has 61 heavy (non-hydrogen) atoms. The molecule has 0 aliphatic rings. The molecule has 1 N–H and O–H groups in total. The zero-order valence-electron chi connectivity index (χ0n) is 39.5. The maximum atomic E-state index is 12.7. The highest BCUT2D eigenvalue weighted by molar-refractivity contribution is 7.45. The van der Waals surface area contributed by atoms with E-state index in [1.165, 1.54) is 83.5 Å². The highest BCUT2D eigenvalue weighted by Gasteiger charge is 2.21. The molecule has 0 bridgehead atoms. The third kappa shape index (κ3) is 45.5. The van der Waals surface area contributed by atoms with Crippen LogP contribution < -0.4 is 4.89 Å². The number of nitrogens with zero attached hydrogens (tertiary/aromatic N) is 1. The molecule has 0 aliphatic carbocycles. The van der Waals surface area contributed by atoms with E-state index in [4.69, 9.17) is 18.5 Å². The van der Waals surface area contributed by atoms with E-state index >= 15 is 0 Å². The van der Waals surface area contributed by atoms with Gasteiger partial charge in [-0.1, -0.05) is 164 Å². The SMILES string of the molecule is CCCCCCCC/C=C\CCCCCCCCCCCC(=O)O[C@H](COC(=O)CCC/C=C\C/C=C\C/C=C\C/C=C\[C@@H](O)CCCC)COP(=O)([O-])OCC[N+](C)(C)C. The maximum absolute atomic E-state index is 12.7. The second-order valence-electron chi connectivity index (χ2n) is 17.3. The quantitative estimate of drug-likeness (QED) is 0.0209. The van der Waals surface area contributed by atoms with E-state index in [1.807, 2.05) is 39.4 Å². The number of carbonyl (C=O) groups is 2. The number of unbranched alkanes of at least 4 members (excludes halogenated alkanes) is 17. The van der Waals surface area contributed by atoms with Crippen molar-refractivity contribution in [1.29, 1.82) is 0 Å². The zero-order chi connectivity index (χ0) is 45.1. The Balaban J connectivity index is 4.41. The van der Waals surface area contributed by atoms with Crippen LogP contribution in [0.5, 0.6) is 0 Å². The number of allylic oxidation sites excluding steroid dienone is 9. The first-order valence-electron chi connectivity index (χ1n) is 24.1. The third-order valence-corrected chi connectivity index (χ3v) is 11.0. The Labute approximate surface area is 373 Å². The zero-order valence-corrected chi connectivity index (χ0v) is 40.4. The Hall–Kier alpha value is -2.33. The first-order chi connectivity index (χ1) is 29.4. The van der Waals surface area contributed by atoms with E-state index in [9.17, 15) is 24.2 Å². The lowest BCUT2D eigenvalue weighted by atomic mass is 10.1. The summed E-state index contributed by atoms with van der Waals surface area (Å²) in [6.07, 6.45) is 47.3. The Morgan fingerprint density at radius 2 is 1.07 bits per heavy atom. The Morgan fingerprint density at radius 3 is 1.64 bits per heavy atom. The summed E-state index contributed by atoms with van der Waals surface area (Å²) < 4.78 is 33.9. The highest BCUT2D eigenvalue weighted by atomic mass is 31.2. The minimum absolute atomic E-state index is 0.0484. The summed E-state index contributed by atoms with van der Waals surface area (Å²) in [5.41, 5.74) is 0. The van der Waals surface area contributed by atoms with E-state index < -0.39 is 32.5 Å². The first-order valence-corrected chi connectivity index (χ1v) is 25.5. The summed E-state index contributed by atoms with van der Waals surface area (Å²) >= 11 is 0. The number of rotatable bonds is 43. The molecule has 0 saturated heterocycles. The Bertz CT molecular complexity index is 1240. The molecule has 0 fully saturated rings. The van der Waals surface area contributed by atoms with Gasteiger partial charge in [-0.15, -0.1) is 0 Å². The molecule has 0 spiro atoms. The highest BCUT2D eigenvalue weighted by Crippen LogP contribution is 2.38. The molecule has 0 saturated carbocycles. The second kappa shape index (κ2) is 41.7. The molecule has 354 valence electrons. The normalized spacial score (nSPS) is 14.5. The van der Waals surface area contributed by atoms with E-state index in [-0.39, 0.29) is 32.2 Å². The molecule has 0 heterocycles. The van der Waals surface area contributed by atoms with Crippen molar-refractivity contribution >= 4 is 19.8 Å². The lowest BCUT2D eigenvalue weighted by Gasteiger charge is -2.28. The number of likely N-dealkylation sites (N-methyl/N-ethyl adjacent to an activating group) is 1. The van der Waals surface area contributed by atoms with Gasteiger partial charge in [0.25, 0.3) is 7.82 Å². The average Bonchev–Trinajstić information content (AvgIpc) is 3.21. The predicted molar refractivity (Wildman–Crippen MR) is 251 cm³/mol. The number of quaternary nitrogens is 1.